The topological polar surface area (TPSA) is 20.2 Å². The molecule has 0 saturated heterocycles. The maximum atomic E-state index is 12.5. The summed E-state index contributed by atoms with van der Waals surface area (Å²) in [7, 11) is -1.46. The van der Waals surface area contributed by atoms with Gasteiger partial charge in [0.15, 0.2) is 0 Å². The average Bonchev–Trinajstić information content (AvgIpc) is 2.33. The van der Waals surface area contributed by atoms with Gasteiger partial charge >= 0.3 is 6.18 Å². The highest BCUT2D eigenvalue weighted by Gasteiger charge is 2.30. The van der Waals surface area contributed by atoms with E-state index in [1.165, 1.54) is 12.1 Å². The summed E-state index contributed by atoms with van der Waals surface area (Å²) in [6, 6.07) is 5.27. The van der Waals surface area contributed by atoms with Crippen molar-refractivity contribution in [3.05, 3.63) is 53.3 Å². The predicted octanol–water partition coefficient (Wildman–Crippen LogP) is 4.79. The van der Waals surface area contributed by atoms with Gasteiger partial charge in [-0.1, -0.05) is 38.4 Å². The number of hydrogen-bond donors (Lipinski definition) is 1. The molecule has 5 heteroatoms. The number of rotatable bonds is 4. The third-order valence-corrected chi connectivity index (χ3v) is 4.27. The Morgan fingerprint density at radius 1 is 1.25 bits per heavy atom. The van der Waals surface area contributed by atoms with E-state index in [-0.39, 0.29) is 0 Å². The first-order valence-corrected chi connectivity index (χ1v) is 9.99. The molecule has 1 nitrogen and oxygen atoms in total. The van der Waals surface area contributed by atoms with Gasteiger partial charge < -0.3 is 5.11 Å². The number of hydrogen-bond acceptors (Lipinski definition) is 1. The molecular weight excluding hydrogens is 281 g/mol. The number of halogens is 3. The van der Waals surface area contributed by atoms with Crippen LogP contribution in [0.1, 0.15) is 17.2 Å². The van der Waals surface area contributed by atoms with Gasteiger partial charge in [0.1, 0.15) is 6.10 Å². The van der Waals surface area contributed by atoms with Gasteiger partial charge in [-0.25, -0.2) is 0 Å². The molecule has 0 radical (unpaired) electrons. The van der Waals surface area contributed by atoms with Crippen LogP contribution in [-0.2, 0) is 6.18 Å². The van der Waals surface area contributed by atoms with Gasteiger partial charge in [-0.15, -0.1) is 5.73 Å². The summed E-state index contributed by atoms with van der Waals surface area (Å²) in [6.45, 7) is 10.00. The van der Waals surface area contributed by atoms with Crippen molar-refractivity contribution in [2.45, 2.75) is 38.0 Å². The molecule has 1 N–H and O–H groups in total. The van der Waals surface area contributed by atoms with Crippen LogP contribution in [0.25, 0.3) is 0 Å². The Bertz CT molecular complexity index is 505. The molecule has 1 aromatic rings. The zero-order chi connectivity index (χ0) is 15.6. The summed E-state index contributed by atoms with van der Waals surface area (Å²) in [5.74, 6) is 0. The van der Waals surface area contributed by atoms with E-state index in [1.807, 2.05) is 0 Å². The monoisotopic (exact) mass is 300 g/mol. The molecule has 0 aromatic heterocycles. The SMILES string of the molecule is C=C=C(C[Si](C)(C)C)[C@@H](O)c1ccc(C(F)(F)F)cc1. The molecule has 0 saturated carbocycles. The lowest BCUT2D eigenvalue weighted by Gasteiger charge is -2.21. The first kappa shape index (κ1) is 16.8. The summed E-state index contributed by atoms with van der Waals surface area (Å²) in [5.41, 5.74) is 3.09. The van der Waals surface area contributed by atoms with Crippen LogP contribution < -0.4 is 0 Å². The Hall–Kier alpha value is -1.29. The fourth-order valence-electron chi connectivity index (χ4n) is 1.88. The number of aliphatic hydroxyl groups is 1. The molecule has 20 heavy (non-hydrogen) atoms. The Balaban J connectivity index is 2.97. The average molecular weight is 300 g/mol. The highest BCUT2D eigenvalue weighted by atomic mass is 28.3. The van der Waals surface area contributed by atoms with E-state index in [0.29, 0.717) is 17.2 Å². The lowest BCUT2D eigenvalue weighted by atomic mass is 10.0. The Morgan fingerprint density at radius 3 is 2.10 bits per heavy atom. The molecule has 1 aromatic carbocycles. The minimum absolute atomic E-state index is 0.433. The van der Waals surface area contributed by atoms with Crippen molar-refractivity contribution in [2.75, 3.05) is 0 Å². The zero-order valence-corrected chi connectivity index (χ0v) is 12.9. The van der Waals surface area contributed by atoms with Crippen LogP contribution in [0.2, 0.25) is 25.7 Å². The maximum absolute atomic E-state index is 12.5. The molecule has 0 aliphatic heterocycles. The minimum Gasteiger partial charge on any atom is -0.383 e. The van der Waals surface area contributed by atoms with E-state index in [9.17, 15) is 18.3 Å². The number of aliphatic hydroxyl groups excluding tert-OH is 1. The highest BCUT2D eigenvalue weighted by molar-refractivity contribution is 6.76. The summed E-state index contributed by atoms with van der Waals surface area (Å²) in [5, 5.41) is 10.2. The fraction of sp³-hybridized carbons (Fsp3) is 0.400. The van der Waals surface area contributed by atoms with E-state index in [0.717, 1.165) is 12.1 Å². The molecule has 1 atom stereocenters. The van der Waals surface area contributed by atoms with Crippen LogP contribution >= 0.6 is 0 Å². The largest absolute Gasteiger partial charge is 0.416 e. The molecule has 1 rings (SSSR count). The molecule has 0 unspecified atom stereocenters. The Kier molecular flexibility index (Phi) is 5.03. The molecule has 0 aliphatic carbocycles. The second-order valence-electron chi connectivity index (χ2n) is 5.96. The van der Waals surface area contributed by atoms with Crippen molar-refractivity contribution < 1.29 is 18.3 Å². The summed E-state index contributed by atoms with van der Waals surface area (Å²) in [6.07, 6.45) is -5.31. The van der Waals surface area contributed by atoms with Crippen LogP contribution in [-0.4, -0.2) is 13.2 Å². The smallest absolute Gasteiger partial charge is 0.383 e. The van der Waals surface area contributed by atoms with Crippen LogP contribution in [0.3, 0.4) is 0 Å². The van der Waals surface area contributed by atoms with Crippen LogP contribution in [0.15, 0.2) is 42.1 Å². The van der Waals surface area contributed by atoms with Crippen LogP contribution in [0.5, 0.6) is 0 Å². The summed E-state index contributed by atoms with van der Waals surface area (Å²) in [4.78, 5) is 0. The molecule has 0 spiro atoms. The lowest BCUT2D eigenvalue weighted by Crippen LogP contribution is -2.21. The van der Waals surface area contributed by atoms with Gasteiger partial charge in [-0.2, -0.15) is 13.2 Å². The van der Waals surface area contributed by atoms with Gasteiger partial charge in [0.25, 0.3) is 0 Å². The molecule has 0 fully saturated rings. The fourth-order valence-corrected chi connectivity index (χ4v) is 3.34. The molecular formula is C15H19F3OSi. The van der Waals surface area contributed by atoms with Crippen molar-refractivity contribution >= 4 is 8.07 Å². The van der Waals surface area contributed by atoms with E-state index < -0.39 is 25.9 Å². The highest BCUT2D eigenvalue weighted by Crippen LogP contribution is 2.32. The lowest BCUT2D eigenvalue weighted by molar-refractivity contribution is -0.137. The Morgan fingerprint density at radius 2 is 1.75 bits per heavy atom. The van der Waals surface area contributed by atoms with Crippen molar-refractivity contribution in [1.29, 1.82) is 0 Å². The van der Waals surface area contributed by atoms with Gasteiger partial charge in [0.2, 0.25) is 0 Å². The van der Waals surface area contributed by atoms with Crippen molar-refractivity contribution in [1.82, 2.24) is 0 Å². The van der Waals surface area contributed by atoms with E-state index in [2.05, 4.69) is 32.0 Å². The van der Waals surface area contributed by atoms with Gasteiger partial charge in [-0.05, 0) is 23.7 Å². The van der Waals surface area contributed by atoms with Gasteiger partial charge in [0.05, 0.1) is 5.56 Å². The molecule has 0 heterocycles. The summed E-state index contributed by atoms with van der Waals surface area (Å²) < 4.78 is 37.5. The number of alkyl halides is 3. The van der Waals surface area contributed by atoms with E-state index >= 15 is 0 Å². The quantitative estimate of drug-likeness (QED) is 0.626. The second-order valence-corrected chi connectivity index (χ2v) is 11.4. The van der Waals surface area contributed by atoms with E-state index in [4.69, 9.17) is 0 Å². The first-order chi connectivity index (χ1) is 9.04. The molecule has 110 valence electrons. The first-order valence-electron chi connectivity index (χ1n) is 6.28. The van der Waals surface area contributed by atoms with Crippen LogP contribution in [0, 0.1) is 0 Å². The number of benzene rings is 1. The van der Waals surface area contributed by atoms with Crippen molar-refractivity contribution in [3.63, 3.8) is 0 Å². The molecule has 0 bridgehead atoms. The maximum Gasteiger partial charge on any atom is 0.416 e. The molecule has 0 amide bonds. The zero-order valence-electron chi connectivity index (χ0n) is 11.9. The normalized spacial score (nSPS) is 13.8. The summed E-state index contributed by atoms with van der Waals surface area (Å²) >= 11 is 0. The van der Waals surface area contributed by atoms with Gasteiger partial charge in [0, 0.05) is 13.6 Å². The third kappa shape index (κ3) is 4.67. The van der Waals surface area contributed by atoms with Gasteiger partial charge in [-0.3, -0.25) is 0 Å². The van der Waals surface area contributed by atoms with Crippen molar-refractivity contribution in [2.24, 2.45) is 0 Å². The van der Waals surface area contributed by atoms with Crippen LogP contribution in [0.4, 0.5) is 13.2 Å². The van der Waals surface area contributed by atoms with Crippen molar-refractivity contribution in [3.8, 4) is 0 Å². The van der Waals surface area contributed by atoms with E-state index in [1.54, 1.807) is 0 Å². The Labute approximate surface area is 118 Å². The standard InChI is InChI=1S/C15H19F3OSi/c1-5-11(10-20(2,3)4)14(19)12-6-8-13(9-7-12)15(16,17)18/h6-9,14,19H,1,10H2,2-4H3/t14-/m1/s1. The molecule has 0 aliphatic rings. The predicted molar refractivity (Wildman–Crippen MR) is 77.2 cm³/mol. The third-order valence-electron chi connectivity index (χ3n) is 2.83. The second kappa shape index (κ2) is 6.00. The minimum atomic E-state index is -4.36.